The Bertz CT molecular complexity index is 512. The van der Waals surface area contributed by atoms with E-state index in [0.29, 0.717) is 16.6 Å². The molecular formula is C16H21NO. The summed E-state index contributed by atoms with van der Waals surface area (Å²) in [6, 6.07) is 6.06. The third kappa shape index (κ3) is 1.00. The van der Waals surface area contributed by atoms with E-state index in [1.54, 1.807) is 0 Å². The normalized spacial score (nSPS) is 39.9. The van der Waals surface area contributed by atoms with Crippen LogP contribution in [0.5, 0.6) is 5.75 Å². The molecule has 18 heavy (non-hydrogen) atoms. The molecule has 1 aromatic rings. The van der Waals surface area contributed by atoms with Gasteiger partial charge in [-0.3, -0.25) is 0 Å². The summed E-state index contributed by atoms with van der Waals surface area (Å²) in [5.74, 6) is 1.31. The van der Waals surface area contributed by atoms with E-state index < -0.39 is 0 Å². The van der Waals surface area contributed by atoms with Crippen LogP contribution in [0.15, 0.2) is 18.2 Å². The number of aryl methyl sites for hydroxylation is 1. The van der Waals surface area contributed by atoms with Crippen molar-refractivity contribution in [3.8, 4) is 5.75 Å². The molecule has 1 aromatic carbocycles. The second-order valence-corrected chi connectivity index (χ2v) is 6.44. The number of hydrogen-bond acceptors (Lipinski definition) is 2. The van der Waals surface area contributed by atoms with Gasteiger partial charge in [-0.2, -0.15) is 0 Å². The zero-order valence-corrected chi connectivity index (χ0v) is 11.0. The second-order valence-electron chi connectivity index (χ2n) is 6.44. The molecule has 0 amide bonds. The second kappa shape index (κ2) is 3.30. The van der Waals surface area contributed by atoms with Crippen molar-refractivity contribution >= 4 is 0 Å². The van der Waals surface area contributed by atoms with Crippen molar-refractivity contribution in [1.82, 2.24) is 5.32 Å². The predicted molar refractivity (Wildman–Crippen MR) is 71.8 cm³/mol. The Kier molecular flexibility index (Phi) is 1.99. The third-order valence-corrected chi connectivity index (χ3v) is 6.03. The van der Waals surface area contributed by atoms with Crippen LogP contribution in [0.4, 0.5) is 0 Å². The van der Waals surface area contributed by atoms with E-state index in [-0.39, 0.29) is 0 Å². The Balaban J connectivity index is 1.87. The van der Waals surface area contributed by atoms with E-state index in [1.165, 1.54) is 43.2 Å². The van der Waals surface area contributed by atoms with E-state index >= 15 is 0 Å². The van der Waals surface area contributed by atoms with Gasteiger partial charge in [0.2, 0.25) is 0 Å². The van der Waals surface area contributed by atoms with Crippen LogP contribution in [0, 0.1) is 11.3 Å². The van der Waals surface area contributed by atoms with Gasteiger partial charge in [-0.15, -0.1) is 0 Å². The van der Waals surface area contributed by atoms with Gasteiger partial charge in [0.15, 0.2) is 0 Å². The lowest BCUT2D eigenvalue weighted by molar-refractivity contribution is 0.403. The minimum absolute atomic E-state index is 0.405. The number of phenolic OH excluding ortho intramolecular Hbond substituents is 1. The lowest BCUT2D eigenvalue weighted by Gasteiger charge is -2.25. The maximum Gasteiger partial charge on any atom is 0.115 e. The molecule has 96 valence electrons. The Morgan fingerprint density at radius 3 is 3.11 bits per heavy atom. The smallest absolute Gasteiger partial charge is 0.115 e. The molecule has 2 unspecified atom stereocenters. The average Bonchev–Trinajstić information content (AvgIpc) is 2.74. The predicted octanol–water partition coefficient (Wildman–Crippen LogP) is 2.60. The first-order chi connectivity index (χ1) is 8.74. The molecular weight excluding hydrogens is 222 g/mol. The van der Waals surface area contributed by atoms with Crippen LogP contribution in [0.1, 0.15) is 36.8 Å². The summed E-state index contributed by atoms with van der Waals surface area (Å²) >= 11 is 0. The summed E-state index contributed by atoms with van der Waals surface area (Å²) in [6.07, 6.45) is 6.60. The molecule has 3 atom stereocenters. The number of phenols is 1. The van der Waals surface area contributed by atoms with Crippen molar-refractivity contribution in [2.75, 3.05) is 13.6 Å². The van der Waals surface area contributed by atoms with Crippen molar-refractivity contribution in [3.05, 3.63) is 29.3 Å². The van der Waals surface area contributed by atoms with Crippen molar-refractivity contribution in [3.63, 3.8) is 0 Å². The summed E-state index contributed by atoms with van der Waals surface area (Å²) < 4.78 is 0. The van der Waals surface area contributed by atoms with Gasteiger partial charge in [0.25, 0.3) is 0 Å². The fraction of sp³-hybridized carbons (Fsp3) is 0.625. The quantitative estimate of drug-likeness (QED) is 0.837. The van der Waals surface area contributed by atoms with E-state index in [9.17, 15) is 5.11 Å². The lowest BCUT2D eigenvalue weighted by atomic mass is 9.80. The minimum atomic E-state index is 0.405. The molecule has 1 spiro atoms. The number of benzene rings is 1. The molecule has 2 saturated carbocycles. The van der Waals surface area contributed by atoms with Gasteiger partial charge in [0, 0.05) is 12.0 Å². The van der Waals surface area contributed by atoms with Gasteiger partial charge in [-0.05, 0) is 67.3 Å². The molecule has 0 saturated heterocycles. The van der Waals surface area contributed by atoms with Gasteiger partial charge >= 0.3 is 0 Å². The zero-order chi connectivity index (χ0) is 12.4. The molecule has 0 bridgehead atoms. The molecule has 2 N–H and O–H groups in total. The largest absolute Gasteiger partial charge is 0.508 e. The highest BCUT2D eigenvalue weighted by atomic mass is 16.3. The molecule has 2 fully saturated rings. The van der Waals surface area contributed by atoms with Crippen LogP contribution in [0.2, 0.25) is 0 Å². The molecule has 0 aromatic heterocycles. The van der Waals surface area contributed by atoms with Gasteiger partial charge < -0.3 is 10.4 Å². The zero-order valence-electron chi connectivity index (χ0n) is 11.0. The Hall–Kier alpha value is -1.02. The third-order valence-electron chi connectivity index (χ3n) is 6.03. The van der Waals surface area contributed by atoms with Crippen molar-refractivity contribution in [1.29, 1.82) is 0 Å². The first-order valence-electron chi connectivity index (χ1n) is 7.22. The Morgan fingerprint density at radius 1 is 1.39 bits per heavy atom. The summed E-state index contributed by atoms with van der Waals surface area (Å²) in [7, 11) is 2.08. The van der Waals surface area contributed by atoms with Crippen LogP contribution in [0.25, 0.3) is 0 Å². The van der Waals surface area contributed by atoms with Gasteiger partial charge in [-0.25, -0.2) is 0 Å². The van der Waals surface area contributed by atoms with Crippen molar-refractivity contribution in [2.24, 2.45) is 11.3 Å². The summed E-state index contributed by atoms with van der Waals surface area (Å²) in [5.41, 5.74) is 3.87. The van der Waals surface area contributed by atoms with E-state index in [0.717, 1.165) is 12.5 Å². The van der Waals surface area contributed by atoms with Crippen LogP contribution < -0.4 is 5.32 Å². The first-order valence-corrected chi connectivity index (χ1v) is 7.22. The molecule has 3 aliphatic rings. The van der Waals surface area contributed by atoms with Gasteiger partial charge in [0.05, 0.1) is 0 Å². The fourth-order valence-corrected chi connectivity index (χ4v) is 5.56. The fourth-order valence-electron chi connectivity index (χ4n) is 5.56. The van der Waals surface area contributed by atoms with Crippen LogP contribution in [0.3, 0.4) is 0 Å². The first kappa shape index (κ1) is 10.9. The SMILES string of the molecule is CNCC12CCCC13c1cc(O)ccc1CC[C@H]23. The van der Waals surface area contributed by atoms with E-state index in [2.05, 4.69) is 24.5 Å². The number of nitrogens with one attached hydrogen (secondary N) is 1. The molecule has 2 heteroatoms. The number of fused-ring (bicyclic) bond motifs is 2. The van der Waals surface area contributed by atoms with E-state index in [1.807, 2.05) is 6.07 Å². The Labute approximate surface area is 108 Å². The average molecular weight is 243 g/mol. The van der Waals surface area contributed by atoms with E-state index in [4.69, 9.17) is 0 Å². The number of hydrogen-bond donors (Lipinski definition) is 2. The highest BCUT2D eigenvalue weighted by Crippen LogP contribution is 2.80. The molecule has 0 aliphatic heterocycles. The van der Waals surface area contributed by atoms with Crippen molar-refractivity contribution in [2.45, 2.75) is 37.5 Å². The maximum absolute atomic E-state index is 9.84. The molecule has 4 rings (SSSR count). The molecule has 3 aliphatic carbocycles. The van der Waals surface area contributed by atoms with Gasteiger partial charge in [0.1, 0.15) is 5.75 Å². The van der Waals surface area contributed by atoms with Crippen LogP contribution in [-0.4, -0.2) is 18.7 Å². The highest BCUT2D eigenvalue weighted by molar-refractivity contribution is 5.53. The topological polar surface area (TPSA) is 32.3 Å². The van der Waals surface area contributed by atoms with Gasteiger partial charge in [-0.1, -0.05) is 12.5 Å². The monoisotopic (exact) mass is 243 g/mol. The minimum Gasteiger partial charge on any atom is -0.508 e. The summed E-state index contributed by atoms with van der Waals surface area (Å²) in [6.45, 7) is 1.15. The number of rotatable bonds is 2. The van der Waals surface area contributed by atoms with Crippen molar-refractivity contribution < 1.29 is 5.11 Å². The maximum atomic E-state index is 9.84. The molecule has 2 nitrogen and oxygen atoms in total. The van der Waals surface area contributed by atoms with Crippen LogP contribution in [-0.2, 0) is 11.8 Å². The number of aromatic hydroxyl groups is 1. The molecule has 0 heterocycles. The molecule has 0 radical (unpaired) electrons. The highest BCUT2D eigenvalue weighted by Gasteiger charge is 2.78. The standard InChI is InChI=1S/C16H21NO/c1-17-10-15-7-2-8-16(15)13-9-12(18)5-3-11(13)4-6-14(15)16/h3,5,9,14,17-18H,2,4,6-8,10H2,1H3/t14-,15?,16?/m1/s1. The summed E-state index contributed by atoms with van der Waals surface area (Å²) in [5, 5.41) is 13.3. The van der Waals surface area contributed by atoms with Crippen LogP contribution >= 0.6 is 0 Å². The summed E-state index contributed by atoms with van der Waals surface area (Å²) in [4.78, 5) is 0. The Morgan fingerprint density at radius 2 is 2.28 bits per heavy atom. The lowest BCUT2D eigenvalue weighted by Crippen LogP contribution is -2.25.